The van der Waals surface area contributed by atoms with E-state index in [0.717, 1.165) is 18.4 Å². The van der Waals surface area contributed by atoms with Gasteiger partial charge >= 0.3 is 0 Å². The van der Waals surface area contributed by atoms with E-state index >= 15 is 0 Å². The van der Waals surface area contributed by atoms with Gasteiger partial charge in [0.05, 0.1) is 5.92 Å². The van der Waals surface area contributed by atoms with Crippen LogP contribution in [0.25, 0.3) is 10.9 Å². The van der Waals surface area contributed by atoms with Crippen LogP contribution in [0.1, 0.15) is 18.4 Å². The van der Waals surface area contributed by atoms with Crippen LogP contribution < -0.4 is 5.32 Å². The second-order valence-corrected chi connectivity index (χ2v) is 10.1. The molecule has 3 aromatic rings. The first-order valence-corrected chi connectivity index (χ1v) is 11.7. The number of amides is 1. The molecule has 3 heterocycles. The second kappa shape index (κ2) is 8.06. The Hall–Kier alpha value is -2.16. The van der Waals surface area contributed by atoms with Gasteiger partial charge in [-0.3, -0.25) is 4.79 Å². The molecule has 0 saturated carbocycles. The van der Waals surface area contributed by atoms with Gasteiger partial charge in [-0.15, -0.1) is 11.3 Å². The summed E-state index contributed by atoms with van der Waals surface area (Å²) in [6, 6.07) is 11.4. The molecule has 0 bridgehead atoms. The van der Waals surface area contributed by atoms with E-state index in [1.165, 1.54) is 26.6 Å². The highest BCUT2D eigenvalue weighted by Gasteiger charge is 2.33. The van der Waals surface area contributed by atoms with Gasteiger partial charge < -0.3 is 10.3 Å². The van der Waals surface area contributed by atoms with Gasteiger partial charge in [0, 0.05) is 36.7 Å². The number of fused-ring (bicyclic) bond motifs is 1. The number of benzene rings is 1. The van der Waals surface area contributed by atoms with Crippen LogP contribution in [0.5, 0.6) is 0 Å². The third-order valence-electron chi connectivity index (χ3n) is 5.21. The van der Waals surface area contributed by atoms with E-state index in [-0.39, 0.29) is 18.4 Å². The van der Waals surface area contributed by atoms with E-state index < -0.39 is 10.0 Å². The number of hydrogen-bond acceptors (Lipinski definition) is 4. The summed E-state index contributed by atoms with van der Waals surface area (Å²) < 4.78 is 27.2. The summed E-state index contributed by atoms with van der Waals surface area (Å²) in [6.45, 7) is 1.26. The lowest BCUT2D eigenvalue weighted by molar-refractivity contribution is -0.126. The number of hydrogen-bond donors (Lipinski definition) is 2. The molecule has 1 atom stereocenters. The van der Waals surface area contributed by atoms with E-state index in [1.807, 2.05) is 24.4 Å². The number of piperidine rings is 1. The second-order valence-electron chi connectivity index (χ2n) is 7.03. The first kappa shape index (κ1) is 19.2. The summed E-state index contributed by atoms with van der Waals surface area (Å²) in [5.74, 6) is -0.364. The Morgan fingerprint density at radius 2 is 2.11 bits per heavy atom. The number of H-pyrrole nitrogens is 1. The van der Waals surface area contributed by atoms with Crippen LogP contribution in [-0.4, -0.2) is 43.2 Å². The molecule has 1 saturated heterocycles. The number of para-hydroxylation sites is 1. The van der Waals surface area contributed by atoms with Crippen molar-refractivity contribution < 1.29 is 13.2 Å². The van der Waals surface area contributed by atoms with Gasteiger partial charge in [-0.25, -0.2) is 8.42 Å². The first-order chi connectivity index (χ1) is 13.6. The highest BCUT2D eigenvalue weighted by Crippen LogP contribution is 2.26. The van der Waals surface area contributed by atoms with Crippen LogP contribution in [0.4, 0.5) is 0 Å². The predicted molar refractivity (Wildman–Crippen MR) is 111 cm³/mol. The molecule has 0 aliphatic carbocycles. The van der Waals surface area contributed by atoms with Crippen LogP contribution in [0.3, 0.4) is 0 Å². The van der Waals surface area contributed by atoms with Gasteiger partial charge in [0.2, 0.25) is 5.91 Å². The largest absolute Gasteiger partial charge is 0.361 e. The number of carbonyl (C=O) groups excluding carboxylic acids is 1. The molecule has 2 N–H and O–H groups in total. The van der Waals surface area contributed by atoms with Crippen molar-refractivity contribution in [2.75, 3.05) is 19.6 Å². The Balaban J connectivity index is 1.34. The molecule has 0 unspecified atom stereocenters. The number of aromatic nitrogens is 1. The lowest BCUT2D eigenvalue weighted by Crippen LogP contribution is -2.45. The lowest BCUT2D eigenvalue weighted by Gasteiger charge is -2.30. The number of carbonyl (C=O) groups is 1. The maximum absolute atomic E-state index is 12.7. The number of aromatic amines is 1. The van der Waals surface area contributed by atoms with E-state index in [9.17, 15) is 13.2 Å². The third kappa shape index (κ3) is 3.85. The molecule has 4 rings (SSSR count). The van der Waals surface area contributed by atoms with Crippen molar-refractivity contribution >= 4 is 38.2 Å². The molecule has 1 amide bonds. The summed E-state index contributed by atoms with van der Waals surface area (Å²) in [5, 5.41) is 5.92. The maximum atomic E-state index is 12.7. The molecule has 1 aliphatic rings. The molecule has 1 aromatic carbocycles. The molecule has 1 fully saturated rings. The van der Waals surface area contributed by atoms with Crippen LogP contribution in [0.15, 0.2) is 52.2 Å². The van der Waals surface area contributed by atoms with Crippen LogP contribution in [0.2, 0.25) is 0 Å². The summed E-state index contributed by atoms with van der Waals surface area (Å²) >= 11 is 1.21. The average molecular weight is 418 g/mol. The molecule has 148 valence electrons. The zero-order valence-corrected chi connectivity index (χ0v) is 17.1. The molecule has 0 radical (unpaired) electrons. The summed E-state index contributed by atoms with van der Waals surface area (Å²) in [6.07, 6.45) is 4.13. The van der Waals surface area contributed by atoms with E-state index in [1.54, 1.807) is 17.5 Å². The Morgan fingerprint density at radius 1 is 1.25 bits per heavy atom. The number of sulfonamides is 1. The van der Waals surface area contributed by atoms with Crippen molar-refractivity contribution in [3.8, 4) is 0 Å². The molecular formula is C20H23N3O3S2. The summed E-state index contributed by atoms with van der Waals surface area (Å²) in [4.78, 5) is 15.9. The van der Waals surface area contributed by atoms with Crippen molar-refractivity contribution in [1.82, 2.24) is 14.6 Å². The smallest absolute Gasteiger partial charge is 0.252 e. The van der Waals surface area contributed by atoms with Gasteiger partial charge in [0.25, 0.3) is 10.0 Å². The minimum absolute atomic E-state index is 0.0640. The van der Waals surface area contributed by atoms with Crippen LogP contribution >= 0.6 is 11.3 Å². The average Bonchev–Trinajstić information content (AvgIpc) is 3.39. The number of rotatable bonds is 6. The zero-order chi connectivity index (χ0) is 19.6. The monoisotopic (exact) mass is 417 g/mol. The lowest BCUT2D eigenvalue weighted by atomic mass is 9.99. The van der Waals surface area contributed by atoms with Gasteiger partial charge in [-0.05, 0) is 42.3 Å². The fraction of sp³-hybridized carbons (Fsp3) is 0.350. The Kier molecular flexibility index (Phi) is 5.52. The molecule has 8 heteroatoms. The molecule has 28 heavy (non-hydrogen) atoms. The number of nitrogens with one attached hydrogen (secondary N) is 2. The minimum atomic E-state index is -3.50. The van der Waals surface area contributed by atoms with Crippen molar-refractivity contribution in [1.29, 1.82) is 0 Å². The molecular weight excluding hydrogens is 394 g/mol. The van der Waals surface area contributed by atoms with Crippen molar-refractivity contribution in [3.63, 3.8) is 0 Å². The standard InChI is InChI=1S/C20H23N3O3S2/c24-20(21-10-9-15-13-22-18-7-2-1-6-17(15)18)16-5-3-11-23(14-16)28(25,26)19-8-4-12-27-19/h1-2,4,6-8,12-13,16,22H,3,5,9-11,14H2,(H,21,24)/t16-/m1/s1. The summed E-state index contributed by atoms with van der Waals surface area (Å²) in [7, 11) is -3.50. The van der Waals surface area contributed by atoms with Gasteiger partial charge in [0.1, 0.15) is 4.21 Å². The predicted octanol–water partition coefficient (Wildman–Crippen LogP) is 2.99. The molecule has 0 spiro atoms. The molecule has 2 aromatic heterocycles. The molecule has 1 aliphatic heterocycles. The minimum Gasteiger partial charge on any atom is -0.361 e. The van der Waals surface area contributed by atoms with Crippen molar-refractivity contribution in [2.45, 2.75) is 23.5 Å². The SMILES string of the molecule is O=C(NCCc1c[nH]c2ccccc12)[C@@H]1CCCN(S(=O)(=O)c2cccs2)C1. The highest BCUT2D eigenvalue weighted by molar-refractivity contribution is 7.91. The van der Waals surface area contributed by atoms with Crippen LogP contribution in [0, 0.1) is 5.92 Å². The van der Waals surface area contributed by atoms with Crippen molar-refractivity contribution in [2.24, 2.45) is 5.92 Å². The Bertz CT molecular complexity index is 1060. The Morgan fingerprint density at radius 3 is 2.93 bits per heavy atom. The topological polar surface area (TPSA) is 82.3 Å². The van der Waals surface area contributed by atoms with Crippen LogP contribution in [-0.2, 0) is 21.2 Å². The normalized spacial score (nSPS) is 18.4. The highest BCUT2D eigenvalue weighted by atomic mass is 32.2. The number of nitrogens with zero attached hydrogens (tertiary/aromatic N) is 1. The molecule has 6 nitrogen and oxygen atoms in total. The fourth-order valence-corrected chi connectivity index (χ4v) is 6.38. The third-order valence-corrected chi connectivity index (χ3v) is 8.45. The maximum Gasteiger partial charge on any atom is 0.252 e. The number of thiophene rings is 1. The first-order valence-electron chi connectivity index (χ1n) is 9.42. The Labute approximate surface area is 168 Å². The van der Waals surface area contributed by atoms with Gasteiger partial charge in [-0.1, -0.05) is 24.3 Å². The van der Waals surface area contributed by atoms with Gasteiger partial charge in [-0.2, -0.15) is 4.31 Å². The van der Waals surface area contributed by atoms with Gasteiger partial charge in [0.15, 0.2) is 0 Å². The zero-order valence-electron chi connectivity index (χ0n) is 15.4. The quantitative estimate of drug-likeness (QED) is 0.647. The van der Waals surface area contributed by atoms with E-state index in [2.05, 4.69) is 16.4 Å². The van der Waals surface area contributed by atoms with Crippen molar-refractivity contribution in [3.05, 3.63) is 53.5 Å². The summed E-state index contributed by atoms with van der Waals surface area (Å²) in [5.41, 5.74) is 2.26. The van der Waals surface area contributed by atoms with E-state index in [0.29, 0.717) is 23.7 Å². The van der Waals surface area contributed by atoms with E-state index in [4.69, 9.17) is 0 Å². The fourth-order valence-electron chi connectivity index (χ4n) is 3.72.